The Morgan fingerprint density at radius 2 is 1.86 bits per heavy atom. The van der Waals surface area contributed by atoms with Crippen molar-refractivity contribution in [2.45, 2.75) is 45.3 Å². The predicted molar refractivity (Wildman–Crippen MR) is 126 cm³/mol. The topological polar surface area (TPSA) is 74.4 Å². The Kier molecular flexibility index (Phi) is 6.47. The number of anilines is 1. The van der Waals surface area contributed by atoms with Crippen LogP contribution >= 0.6 is 0 Å². The molecule has 1 aromatic carbocycles. The number of ether oxygens (including phenoxy) is 1. The molecule has 10 heteroatoms. The molecule has 184 valence electrons. The van der Waals surface area contributed by atoms with E-state index in [0.717, 1.165) is 0 Å². The molecule has 1 aliphatic heterocycles. The number of pyridine rings is 2. The number of nitrogens with zero attached hydrogens (tertiary/aromatic N) is 5. The molecule has 1 saturated heterocycles. The van der Waals surface area contributed by atoms with Gasteiger partial charge in [0.1, 0.15) is 23.0 Å². The molecule has 0 radical (unpaired) electrons. The Hall–Kier alpha value is -3.58. The second-order valence-electron chi connectivity index (χ2n) is 8.91. The molecule has 0 N–H and O–H groups in total. The Morgan fingerprint density at radius 1 is 1.14 bits per heavy atom. The van der Waals surface area contributed by atoms with Crippen LogP contribution in [0.2, 0.25) is 0 Å². The van der Waals surface area contributed by atoms with Gasteiger partial charge < -0.3 is 14.2 Å². The summed E-state index contributed by atoms with van der Waals surface area (Å²) < 4.78 is 44.6. The van der Waals surface area contributed by atoms with Crippen LogP contribution in [0.5, 0.6) is 5.75 Å². The summed E-state index contributed by atoms with van der Waals surface area (Å²) in [5.74, 6) is -0.208. The molecule has 3 aromatic rings. The molecule has 1 unspecified atom stereocenters. The normalized spacial score (nSPS) is 20.0. The van der Waals surface area contributed by atoms with Crippen LogP contribution in [0.4, 0.5) is 18.9 Å². The van der Waals surface area contributed by atoms with Crippen molar-refractivity contribution in [1.29, 1.82) is 5.26 Å². The Balaban J connectivity index is 1.67. The summed E-state index contributed by atoms with van der Waals surface area (Å²) in [7, 11) is 1.66. The highest BCUT2D eigenvalue weighted by molar-refractivity contribution is 5.89. The molecule has 7 nitrogen and oxygen atoms in total. The van der Waals surface area contributed by atoms with Crippen molar-refractivity contribution < 1.29 is 17.9 Å². The standard InChI is InChI=1S/C25H26F3N5O2/c1-15-14-33(21-11-23(34)31(4)20-10-9-18(12-29)30-24(20)21)16(2)13-32(15)17(3)19-7-5-6-8-22(19)35-25(26,27)28/h5-11,15-17H,13-14H2,1-4H3/t15-,16+,17?/m1/s1. The second kappa shape index (κ2) is 9.23. The lowest BCUT2D eigenvalue weighted by molar-refractivity contribution is -0.275. The highest BCUT2D eigenvalue weighted by Crippen LogP contribution is 2.36. The number of hydrogen-bond donors (Lipinski definition) is 0. The van der Waals surface area contributed by atoms with E-state index in [-0.39, 0.29) is 35.1 Å². The molecule has 0 saturated carbocycles. The van der Waals surface area contributed by atoms with Crippen LogP contribution in [0.25, 0.3) is 11.0 Å². The molecule has 4 rings (SSSR count). The molecule has 0 amide bonds. The van der Waals surface area contributed by atoms with E-state index in [1.165, 1.54) is 22.8 Å². The number of aromatic nitrogens is 2. The molecular weight excluding hydrogens is 459 g/mol. The number of rotatable bonds is 4. The largest absolute Gasteiger partial charge is 0.573 e. The molecular formula is C25H26F3N5O2. The van der Waals surface area contributed by atoms with E-state index in [4.69, 9.17) is 0 Å². The van der Waals surface area contributed by atoms with Gasteiger partial charge in [0.25, 0.3) is 5.56 Å². The van der Waals surface area contributed by atoms with Crippen LogP contribution in [0.1, 0.15) is 38.1 Å². The minimum atomic E-state index is -4.77. The third kappa shape index (κ3) is 4.82. The van der Waals surface area contributed by atoms with Crippen LogP contribution in [0.3, 0.4) is 0 Å². The highest BCUT2D eigenvalue weighted by atomic mass is 19.4. The molecule has 0 bridgehead atoms. The molecule has 3 atom stereocenters. The van der Waals surface area contributed by atoms with Crippen molar-refractivity contribution in [3.63, 3.8) is 0 Å². The zero-order valence-corrected chi connectivity index (χ0v) is 19.9. The minimum absolute atomic E-state index is 0.0570. The fraction of sp³-hybridized carbons (Fsp3) is 0.400. The average molecular weight is 486 g/mol. The third-order valence-corrected chi connectivity index (χ3v) is 6.62. The number of fused-ring (bicyclic) bond motifs is 1. The fourth-order valence-corrected chi connectivity index (χ4v) is 4.84. The molecule has 1 aliphatic rings. The van der Waals surface area contributed by atoms with E-state index in [9.17, 15) is 23.2 Å². The van der Waals surface area contributed by atoms with Crippen molar-refractivity contribution in [2.24, 2.45) is 7.05 Å². The number of aryl methyl sites for hydroxylation is 1. The van der Waals surface area contributed by atoms with Crippen molar-refractivity contribution in [3.8, 4) is 11.8 Å². The third-order valence-electron chi connectivity index (χ3n) is 6.62. The monoisotopic (exact) mass is 485 g/mol. The lowest BCUT2D eigenvalue weighted by Gasteiger charge is -2.48. The number of halogens is 3. The summed E-state index contributed by atoms with van der Waals surface area (Å²) in [6.07, 6.45) is -4.77. The second-order valence-corrected chi connectivity index (χ2v) is 8.91. The predicted octanol–water partition coefficient (Wildman–Crippen LogP) is 4.36. The maximum Gasteiger partial charge on any atom is 0.573 e. The van der Waals surface area contributed by atoms with Crippen molar-refractivity contribution in [1.82, 2.24) is 14.5 Å². The quantitative estimate of drug-likeness (QED) is 0.547. The summed E-state index contributed by atoms with van der Waals surface area (Å²) in [5.41, 5.74) is 2.36. The van der Waals surface area contributed by atoms with Gasteiger partial charge in [-0.15, -0.1) is 13.2 Å². The van der Waals surface area contributed by atoms with Crippen LogP contribution in [-0.4, -0.2) is 46.0 Å². The summed E-state index contributed by atoms with van der Waals surface area (Å²) in [6, 6.07) is 12.6. The fourth-order valence-electron chi connectivity index (χ4n) is 4.84. The molecule has 2 aromatic heterocycles. The Morgan fingerprint density at radius 3 is 2.54 bits per heavy atom. The average Bonchev–Trinajstić information content (AvgIpc) is 2.81. The van der Waals surface area contributed by atoms with Gasteiger partial charge in [0.2, 0.25) is 0 Å². The van der Waals surface area contributed by atoms with E-state index in [2.05, 4.69) is 19.5 Å². The van der Waals surface area contributed by atoms with Gasteiger partial charge in [0, 0.05) is 49.9 Å². The lowest BCUT2D eigenvalue weighted by atomic mass is 9.99. The number of benzene rings is 1. The van der Waals surface area contributed by atoms with Gasteiger partial charge in [-0.2, -0.15) is 5.26 Å². The van der Waals surface area contributed by atoms with Gasteiger partial charge in [-0.05, 0) is 39.0 Å². The van der Waals surface area contributed by atoms with E-state index < -0.39 is 6.36 Å². The van der Waals surface area contributed by atoms with Gasteiger partial charge in [-0.1, -0.05) is 18.2 Å². The first kappa shape index (κ1) is 24.5. The van der Waals surface area contributed by atoms with Crippen LogP contribution in [0, 0.1) is 11.3 Å². The lowest BCUT2D eigenvalue weighted by Crippen LogP contribution is -2.57. The number of alkyl halides is 3. The summed E-state index contributed by atoms with van der Waals surface area (Å²) in [4.78, 5) is 21.4. The van der Waals surface area contributed by atoms with Crippen molar-refractivity contribution in [3.05, 3.63) is 64.1 Å². The van der Waals surface area contributed by atoms with E-state index >= 15 is 0 Å². The zero-order valence-electron chi connectivity index (χ0n) is 19.9. The van der Waals surface area contributed by atoms with Crippen LogP contribution in [0.15, 0.2) is 47.3 Å². The number of piperazine rings is 1. The molecule has 0 aliphatic carbocycles. The zero-order chi connectivity index (χ0) is 25.5. The summed E-state index contributed by atoms with van der Waals surface area (Å²) in [5, 5.41) is 9.33. The summed E-state index contributed by atoms with van der Waals surface area (Å²) >= 11 is 0. The van der Waals surface area contributed by atoms with Gasteiger partial charge >= 0.3 is 6.36 Å². The molecule has 0 spiro atoms. The number of para-hydroxylation sites is 1. The van der Waals surface area contributed by atoms with Gasteiger partial charge in [-0.3, -0.25) is 9.69 Å². The van der Waals surface area contributed by atoms with Crippen LogP contribution < -0.4 is 15.2 Å². The highest BCUT2D eigenvalue weighted by Gasteiger charge is 2.36. The van der Waals surface area contributed by atoms with E-state index in [1.807, 2.05) is 26.8 Å². The van der Waals surface area contributed by atoms with Crippen LogP contribution in [-0.2, 0) is 7.05 Å². The first-order valence-corrected chi connectivity index (χ1v) is 11.3. The smallest absolute Gasteiger partial charge is 0.405 e. The number of hydrogen-bond acceptors (Lipinski definition) is 6. The van der Waals surface area contributed by atoms with Gasteiger partial charge in [-0.25, -0.2) is 4.98 Å². The molecule has 35 heavy (non-hydrogen) atoms. The SMILES string of the molecule is CC(c1ccccc1OC(F)(F)F)N1C[C@H](C)N(c2cc(=O)n(C)c3ccc(C#N)nc23)C[C@H]1C. The minimum Gasteiger partial charge on any atom is -0.405 e. The van der Waals surface area contributed by atoms with E-state index in [1.54, 1.807) is 31.3 Å². The number of nitriles is 1. The molecule has 1 fully saturated rings. The maximum absolute atomic E-state index is 13.0. The van der Waals surface area contributed by atoms with Crippen molar-refractivity contribution >= 4 is 16.7 Å². The first-order chi connectivity index (χ1) is 16.5. The Bertz CT molecular complexity index is 1350. The van der Waals surface area contributed by atoms with Crippen molar-refractivity contribution in [2.75, 3.05) is 18.0 Å². The van der Waals surface area contributed by atoms with Gasteiger partial charge in [0.15, 0.2) is 0 Å². The Labute approximate surface area is 201 Å². The first-order valence-electron chi connectivity index (χ1n) is 11.3. The van der Waals surface area contributed by atoms with E-state index in [0.29, 0.717) is 35.4 Å². The summed E-state index contributed by atoms with van der Waals surface area (Å²) in [6.45, 7) is 6.93. The molecule has 3 heterocycles. The maximum atomic E-state index is 13.0. The van der Waals surface area contributed by atoms with Gasteiger partial charge in [0.05, 0.1) is 11.2 Å².